The van der Waals surface area contributed by atoms with Gasteiger partial charge in [0.15, 0.2) is 0 Å². The van der Waals surface area contributed by atoms with Gasteiger partial charge < -0.3 is 0 Å². The zero-order valence-electron chi connectivity index (χ0n) is 12.9. The molecule has 1 atom stereocenters. The van der Waals surface area contributed by atoms with Gasteiger partial charge in [0.1, 0.15) is 0 Å². The molecule has 4 aromatic rings. The Balaban J connectivity index is 1.67. The van der Waals surface area contributed by atoms with Gasteiger partial charge in [0.2, 0.25) is 0 Å². The Morgan fingerprint density at radius 2 is 2.04 bits per heavy atom. The van der Waals surface area contributed by atoms with E-state index in [-0.39, 0.29) is 0 Å². The Morgan fingerprint density at radius 3 is 3.00 bits per heavy atom. The molecule has 0 aliphatic carbocycles. The molecular formula is C18H15AsN4O. The molecule has 0 bridgehead atoms. The summed E-state index contributed by atoms with van der Waals surface area (Å²) in [5, 5.41) is 5.62. The van der Waals surface area contributed by atoms with Gasteiger partial charge in [0.05, 0.1) is 0 Å². The van der Waals surface area contributed by atoms with Gasteiger partial charge in [-0.05, 0) is 0 Å². The number of ether oxygens (including phenoxy) is 1. The van der Waals surface area contributed by atoms with Gasteiger partial charge in [-0.2, -0.15) is 0 Å². The molecule has 0 radical (unpaired) electrons. The number of hydrogen-bond acceptors (Lipinski definition) is 4. The van der Waals surface area contributed by atoms with Crippen molar-refractivity contribution >= 4 is 38.0 Å². The molecule has 5 rings (SSSR count). The SMILES string of the molecule is [AsH2]c1nc2c3ccccc3nc(Cc3ccc4c(c3)CCO4)n2n1. The molecule has 0 saturated carbocycles. The van der Waals surface area contributed by atoms with Crippen molar-refractivity contribution in [1.29, 1.82) is 0 Å². The Bertz CT molecular complexity index is 1090. The second kappa shape index (κ2) is 5.32. The molecule has 0 spiro atoms. The summed E-state index contributed by atoms with van der Waals surface area (Å²) in [6.07, 6.45) is 1.71. The summed E-state index contributed by atoms with van der Waals surface area (Å²) in [7, 11) is 0. The van der Waals surface area contributed by atoms with E-state index in [9.17, 15) is 0 Å². The van der Waals surface area contributed by atoms with Crippen molar-refractivity contribution in [3.63, 3.8) is 0 Å². The van der Waals surface area contributed by atoms with Crippen molar-refractivity contribution in [2.24, 2.45) is 0 Å². The van der Waals surface area contributed by atoms with E-state index in [4.69, 9.17) is 9.72 Å². The molecule has 1 aliphatic heterocycles. The predicted molar refractivity (Wildman–Crippen MR) is 94.9 cm³/mol. The maximum atomic E-state index is 5.59. The summed E-state index contributed by atoms with van der Waals surface area (Å²) in [5.74, 6) is 1.92. The summed E-state index contributed by atoms with van der Waals surface area (Å²) in [4.78, 5) is 9.46. The Hall–Kier alpha value is -2.39. The molecule has 5 nitrogen and oxygen atoms in total. The zero-order chi connectivity index (χ0) is 16.1. The van der Waals surface area contributed by atoms with Crippen LogP contribution in [0.25, 0.3) is 16.6 Å². The molecule has 0 fully saturated rings. The van der Waals surface area contributed by atoms with Crippen molar-refractivity contribution in [2.45, 2.75) is 12.8 Å². The molecule has 2 aromatic carbocycles. The van der Waals surface area contributed by atoms with Crippen molar-refractivity contribution in [3.05, 3.63) is 59.4 Å². The fourth-order valence-electron chi connectivity index (χ4n) is 3.28. The van der Waals surface area contributed by atoms with E-state index in [0.717, 1.165) is 52.2 Å². The van der Waals surface area contributed by atoms with Crippen LogP contribution in [0.2, 0.25) is 0 Å². The van der Waals surface area contributed by atoms with E-state index in [0.29, 0.717) is 0 Å². The average Bonchev–Trinajstić information content (AvgIpc) is 3.20. The fraction of sp³-hybridized carbons (Fsp3) is 0.167. The van der Waals surface area contributed by atoms with Crippen molar-refractivity contribution in [1.82, 2.24) is 19.6 Å². The molecule has 3 heterocycles. The third-order valence-corrected chi connectivity index (χ3v) is 4.89. The molecule has 118 valence electrons. The van der Waals surface area contributed by atoms with E-state index in [1.165, 1.54) is 28.0 Å². The number of aromatic nitrogens is 4. The third-order valence-electron chi connectivity index (χ3n) is 4.38. The second-order valence-electron chi connectivity index (χ2n) is 5.97. The van der Waals surface area contributed by atoms with Crippen LogP contribution in [0.4, 0.5) is 0 Å². The van der Waals surface area contributed by atoms with Crippen LogP contribution in [0.3, 0.4) is 0 Å². The molecule has 24 heavy (non-hydrogen) atoms. The van der Waals surface area contributed by atoms with Gasteiger partial charge in [-0.15, -0.1) is 0 Å². The van der Waals surface area contributed by atoms with Crippen LogP contribution >= 0.6 is 0 Å². The zero-order valence-corrected chi connectivity index (χ0v) is 15.4. The minimum atomic E-state index is 0.727. The first-order valence-corrected chi connectivity index (χ1v) is 9.13. The average molecular weight is 378 g/mol. The van der Waals surface area contributed by atoms with E-state index >= 15 is 0 Å². The van der Waals surface area contributed by atoms with Crippen LogP contribution in [-0.4, -0.2) is 43.0 Å². The number of fused-ring (bicyclic) bond motifs is 4. The van der Waals surface area contributed by atoms with Crippen LogP contribution in [0.15, 0.2) is 42.5 Å². The molecule has 0 amide bonds. The van der Waals surface area contributed by atoms with E-state index in [1.54, 1.807) is 0 Å². The molecule has 0 N–H and O–H groups in total. The van der Waals surface area contributed by atoms with Gasteiger partial charge in [-0.3, -0.25) is 0 Å². The van der Waals surface area contributed by atoms with Gasteiger partial charge >= 0.3 is 147 Å². The van der Waals surface area contributed by atoms with Crippen LogP contribution < -0.4 is 9.35 Å². The summed E-state index contributed by atoms with van der Waals surface area (Å²) >= 11 is 1.43. The first-order chi connectivity index (χ1) is 11.8. The summed E-state index contributed by atoms with van der Waals surface area (Å²) < 4.78 is 8.31. The molecule has 0 saturated heterocycles. The Labute approximate surface area is 147 Å². The second-order valence-corrected chi connectivity index (χ2v) is 7.05. The van der Waals surface area contributed by atoms with Gasteiger partial charge in [-0.1, -0.05) is 0 Å². The number of benzene rings is 2. The van der Waals surface area contributed by atoms with Crippen LogP contribution in [0.1, 0.15) is 17.0 Å². The van der Waals surface area contributed by atoms with E-state index in [1.807, 2.05) is 22.7 Å². The van der Waals surface area contributed by atoms with Gasteiger partial charge in [0, 0.05) is 0 Å². The minimum absolute atomic E-state index is 0.727. The van der Waals surface area contributed by atoms with Crippen molar-refractivity contribution < 1.29 is 4.74 Å². The normalized spacial score (nSPS) is 13.4. The van der Waals surface area contributed by atoms with Crippen LogP contribution in [-0.2, 0) is 12.8 Å². The maximum absolute atomic E-state index is 5.59. The fourth-order valence-corrected chi connectivity index (χ4v) is 3.77. The monoisotopic (exact) mass is 378 g/mol. The summed E-state index contributed by atoms with van der Waals surface area (Å²) in [5.41, 5.74) is 4.36. The number of nitrogens with zero attached hydrogens (tertiary/aromatic N) is 4. The number of hydrogen-bond donors (Lipinski definition) is 0. The predicted octanol–water partition coefficient (Wildman–Crippen LogP) is 1.06. The third kappa shape index (κ3) is 2.20. The first kappa shape index (κ1) is 14.0. The van der Waals surface area contributed by atoms with E-state index < -0.39 is 0 Å². The molecule has 1 unspecified atom stereocenters. The van der Waals surface area contributed by atoms with E-state index in [2.05, 4.69) is 34.3 Å². The quantitative estimate of drug-likeness (QED) is 0.490. The molecule has 1 aliphatic rings. The Kier molecular flexibility index (Phi) is 3.10. The first-order valence-electron chi connectivity index (χ1n) is 7.92. The standard InChI is InChI=1S/C18H15AsN4O/c19-18-21-17-13-3-1-2-4-14(13)20-16(23(17)22-18)10-11-5-6-15-12(9-11)7-8-24-15/h1-6,9H,7-8,10,19H2. The number of rotatable bonds is 2. The molecule has 6 heteroatoms. The van der Waals surface area contributed by atoms with Crippen molar-refractivity contribution in [2.75, 3.05) is 6.61 Å². The molecule has 2 aromatic heterocycles. The Morgan fingerprint density at radius 1 is 1.12 bits per heavy atom. The summed E-state index contributed by atoms with van der Waals surface area (Å²) in [6.45, 7) is 0.779. The topological polar surface area (TPSA) is 52.3 Å². The van der Waals surface area contributed by atoms with Crippen LogP contribution in [0.5, 0.6) is 5.75 Å². The van der Waals surface area contributed by atoms with Gasteiger partial charge in [-0.25, -0.2) is 0 Å². The molecular weight excluding hydrogens is 363 g/mol. The van der Waals surface area contributed by atoms with Crippen LogP contribution in [0, 0.1) is 0 Å². The van der Waals surface area contributed by atoms with Gasteiger partial charge in [0.25, 0.3) is 0 Å². The van der Waals surface area contributed by atoms with Crippen molar-refractivity contribution in [3.8, 4) is 5.75 Å². The summed E-state index contributed by atoms with van der Waals surface area (Å²) in [6, 6.07) is 14.5. The number of para-hydroxylation sites is 1.